The molecule has 0 spiro atoms. The van der Waals surface area contributed by atoms with E-state index < -0.39 is 0 Å². The van der Waals surface area contributed by atoms with E-state index in [2.05, 4.69) is 25.7 Å². The number of hydrogen-bond donors (Lipinski definition) is 2. The van der Waals surface area contributed by atoms with Gasteiger partial charge in [-0.1, -0.05) is 23.7 Å². The number of amides is 1. The molecule has 0 aliphatic rings. The Kier molecular flexibility index (Phi) is 6.31. The highest BCUT2D eigenvalue weighted by Gasteiger charge is 2.08. The first-order valence-corrected chi connectivity index (χ1v) is 7.72. The third kappa shape index (κ3) is 5.50. The van der Waals surface area contributed by atoms with Crippen molar-refractivity contribution in [2.75, 3.05) is 32.5 Å². The van der Waals surface area contributed by atoms with Crippen LogP contribution in [0.15, 0.2) is 36.4 Å². The number of nitrogens with one attached hydrogen (secondary N) is 2. The third-order valence-corrected chi connectivity index (χ3v) is 3.43. The summed E-state index contributed by atoms with van der Waals surface area (Å²) in [5, 5.41) is 14.4. The van der Waals surface area contributed by atoms with Gasteiger partial charge in [-0.25, -0.2) is 0 Å². The minimum absolute atomic E-state index is 0.222. The lowest BCUT2D eigenvalue weighted by Crippen LogP contribution is -2.28. The predicted octanol–water partition coefficient (Wildman–Crippen LogP) is 2.56. The number of carbonyl (C=O) groups is 1. The number of hydrogen-bond acceptors (Lipinski definition) is 5. The fourth-order valence-corrected chi connectivity index (χ4v) is 2.09. The molecule has 0 radical (unpaired) electrons. The molecule has 2 aromatic rings. The molecule has 0 fully saturated rings. The summed E-state index contributed by atoms with van der Waals surface area (Å²) < 4.78 is 0. The number of aromatic nitrogens is 2. The smallest absolute Gasteiger partial charge is 0.271 e. The first-order valence-electron chi connectivity index (χ1n) is 7.34. The average molecular weight is 334 g/mol. The molecule has 0 saturated carbocycles. The van der Waals surface area contributed by atoms with Gasteiger partial charge in [0.05, 0.1) is 10.7 Å². The molecule has 122 valence electrons. The zero-order valence-corrected chi connectivity index (χ0v) is 14.0. The highest BCUT2D eigenvalue weighted by atomic mass is 35.5. The van der Waals surface area contributed by atoms with Crippen LogP contribution >= 0.6 is 11.6 Å². The number of para-hydroxylation sites is 1. The van der Waals surface area contributed by atoms with Gasteiger partial charge in [-0.15, -0.1) is 10.2 Å². The van der Waals surface area contributed by atoms with Crippen LogP contribution in [0.3, 0.4) is 0 Å². The molecular weight excluding hydrogens is 314 g/mol. The van der Waals surface area contributed by atoms with Crippen molar-refractivity contribution in [3.8, 4) is 0 Å². The van der Waals surface area contributed by atoms with E-state index in [1.807, 2.05) is 32.3 Å². The molecule has 1 amide bonds. The molecule has 23 heavy (non-hydrogen) atoms. The van der Waals surface area contributed by atoms with Crippen molar-refractivity contribution >= 4 is 29.0 Å². The number of benzene rings is 1. The summed E-state index contributed by atoms with van der Waals surface area (Å²) in [7, 11) is 4.00. The van der Waals surface area contributed by atoms with Crippen molar-refractivity contribution in [2.45, 2.75) is 6.42 Å². The molecule has 0 aliphatic heterocycles. The summed E-state index contributed by atoms with van der Waals surface area (Å²) in [5.74, 6) is 0.308. The van der Waals surface area contributed by atoms with Crippen molar-refractivity contribution in [3.05, 3.63) is 47.1 Å². The van der Waals surface area contributed by atoms with E-state index in [1.54, 1.807) is 18.2 Å². The number of halogens is 1. The van der Waals surface area contributed by atoms with Gasteiger partial charge in [-0.05, 0) is 51.3 Å². The topological polar surface area (TPSA) is 70.2 Å². The second kappa shape index (κ2) is 8.45. The van der Waals surface area contributed by atoms with E-state index in [0.29, 0.717) is 23.1 Å². The van der Waals surface area contributed by atoms with E-state index in [0.717, 1.165) is 18.7 Å². The van der Waals surface area contributed by atoms with Crippen LogP contribution < -0.4 is 10.6 Å². The second-order valence-electron chi connectivity index (χ2n) is 5.32. The molecule has 1 aromatic heterocycles. The molecule has 2 N–H and O–H groups in total. The molecule has 1 heterocycles. The van der Waals surface area contributed by atoms with Crippen molar-refractivity contribution < 1.29 is 4.79 Å². The molecule has 0 aliphatic carbocycles. The summed E-state index contributed by atoms with van der Waals surface area (Å²) >= 11 is 6.07. The van der Waals surface area contributed by atoms with E-state index >= 15 is 0 Å². The van der Waals surface area contributed by atoms with Gasteiger partial charge in [0.25, 0.3) is 5.91 Å². The third-order valence-electron chi connectivity index (χ3n) is 3.10. The molecule has 0 bridgehead atoms. The van der Waals surface area contributed by atoms with Crippen LogP contribution in [0.4, 0.5) is 11.5 Å². The largest absolute Gasteiger partial charge is 0.351 e. The van der Waals surface area contributed by atoms with Gasteiger partial charge in [0.15, 0.2) is 11.5 Å². The van der Waals surface area contributed by atoms with Crippen LogP contribution in [0.25, 0.3) is 0 Å². The number of carbonyl (C=O) groups excluding carboxylic acids is 1. The van der Waals surface area contributed by atoms with E-state index in [9.17, 15) is 4.79 Å². The SMILES string of the molecule is CN(C)CCCNC(=O)c1ccc(Nc2ccccc2Cl)nn1. The first-order chi connectivity index (χ1) is 11.1. The van der Waals surface area contributed by atoms with Crippen molar-refractivity contribution in [2.24, 2.45) is 0 Å². The summed E-state index contributed by atoms with van der Waals surface area (Å²) in [5.41, 5.74) is 1.03. The first kappa shape index (κ1) is 17.2. The van der Waals surface area contributed by atoms with Gasteiger partial charge in [0, 0.05) is 6.54 Å². The van der Waals surface area contributed by atoms with Gasteiger partial charge in [0.2, 0.25) is 0 Å². The Labute approximate surface area is 140 Å². The maximum Gasteiger partial charge on any atom is 0.271 e. The Morgan fingerprint density at radius 2 is 1.96 bits per heavy atom. The van der Waals surface area contributed by atoms with Crippen molar-refractivity contribution in [1.82, 2.24) is 20.4 Å². The summed E-state index contributed by atoms with van der Waals surface area (Å²) in [6.45, 7) is 1.53. The van der Waals surface area contributed by atoms with E-state index in [4.69, 9.17) is 11.6 Å². The fourth-order valence-electron chi connectivity index (χ4n) is 1.91. The number of anilines is 2. The monoisotopic (exact) mass is 333 g/mol. The maximum atomic E-state index is 11.9. The van der Waals surface area contributed by atoms with Crippen molar-refractivity contribution in [3.63, 3.8) is 0 Å². The van der Waals surface area contributed by atoms with E-state index in [-0.39, 0.29) is 5.91 Å². The maximum absolute atomic E-state index is 11.9. The summed E-state index contributed by atoms with van der Waals surface area (Å²) in [4.78, 5) is 14.0. The fraction of sp³-hybridized carbons (Fsp3) is 0.312. The van der Waals surface area contributed by atoms with Gasteiger partial charge >= 0.3 is 0 Å². The standard InChI is InChI=1S/C16H20ClN5O/c1-22(2)11-5-10-18-16(23)14-8-9-15(21-20-14)19-13-7-4-3-6-12(13)17/h3-4,6-9H,5,10-11H2,1-2H3,(H,18,23)(H,19,21). The Morgan fingerprint density at radius 1 is 1.17 bits per heavy atom. The lowest BCUT2D eigenvalue weighted by atomic mass is 10.3. The Hall–Kier alpha value is -2.18. The van der Waals surface area contributed by atoms with Gasteiger partial charge < -0.3 is 15.5 Å². The van der Waals surface area contributed by atoms with Crippen LogP contribution in [-0.4, -0.2) is 48.2 Å². The van der Waals surface area contributed by atoms with Gasteiger partial charge in [-0.3, -0.25) is 4.79 Å². The number of rotatable bonds is 7. The summed E-state index contributed by atoms with van der Waals surface area (Å²) in [6.07, 6.45) is 0.887. The van der Waals surface area contributed by atoms with Crippen LogP contribution in [-0.2, 0) is 0 Å². The van der Waals surface area contributed by atoms with Crippen LogP contribution in [0.2, 0.25) is 5.02 Å². The minimum atomic E-state index is -0.222. The second-order valence-corrected chi connectivity index (χ2v) is 5.73. The van der Waals surface area contributed by atoms with Crippen LogP contribution in [0, 0.1) is 0 Å². The molecule has 1 aromatic carbocycles. The van der Waals surface area contributed by atoms with Gasteiger partial charge in [-0.2, -0.15) is 0 Å². The van der Waals surface area contributed by atoms with Gasteiger partial charge in [0.1, 0.15) is 0 Å². The molecule has 0 saturated heterocycles. The summed E-state index contributed by atoms with van der Waals surface area (Å²) in [6, 6.07) is 10.7. The average Bonchev–Trinajstić information content (AvgIpc) is 2.54. The Bertz CT molecular complexity index is 645. The molecular formula is C16H20ClN5O. The Morgan fingerprint density at radius 3 is 2.61 bits per heavy atom. The Balaban J connectivity index is 1.89. The molecule has 7 heteroatoms. The normalized spacial score (nSPS) is 10.6. The molecule has 2 rings (SSSR count). The number of nitrogens with zero attached hydrogens (tertiary/aromatic N) is 3. The van der Waals surface area contributed by atoms with Crippen LogP contribution in [0.5, 0.6) is 0 Å². The lowest BCUT2D eigenvalue weighted by molar-refractivity contribution is 0.0946. The highest BCUT2D eigenvalue weighted by Crippen LogP contribution is 2.23. The highest BCUT2D eigenvalue weighted by molar-refractivity contribution is 6.33. The van der Waals surface area contributed by atoms with Crippen molar-refractivity contribution in [1.29, 1.82) is 0 Å². The molecule has 0 atom stereocenters. The quantitative estimate of drug-likeness (QED) is 0.762. The lowest BCUT2D eigenvalue weighted by Gasteiger charge is -2.10. The molecule has 0 unspecified atom stereocenters. The predicted molar refractivity (Wildman–Crippen MR) is 92.3 cm³/mol. The zero-order valence-electron chi connectivity index (χ0n) is 13.2. The minimum Gasteiger partial charge on any atom is -0.351 e. The zero-order chi connectivity index (χ0) is 16.7. The molecule has 6 nitrogen and oxygen atoms in total. The van der Waals surface area contributed by atoms with Crippen LogP contribution in [0.1, 0.15) is 16.9 Å². The van der Waals surface area contributed by atoms with E-state index in [1.165, 1.54) is 0 Å².